The fourth-order valence-corrected chi connectivity index (χ4v) is 2.67. The molecule has 0 radical (unpaired) electrons. The Hall–Kier alpha value is -1.55. The highest BCUT2D eigenvalue weighted by atomic mass is 16.5. The maximum Gasteiger partial charge on any atom is 0.128 e. The molecule has 4 nitrogen and oxygen atoms in total. The van der Waals surface area contributed by atoms with Crippen LogP contribution in [0.1, 0.15) is 50.2 Å². The van der Waals surface area contributed by atoms with E-state index in [1.807, 2.05) is 25.1 Å². The Bertz CT molecular complexity index is 490. The highest BCUT2D eigenvalue weighted by molar-refractivity contribution is 6.00. The molecule has 0 heterocycles. The van der Waals surface area contributed by atoms with E-state index in [0.717, 1.165) is 36.8 Å². The van der Waals surface area contributed by atoms with E-state index in [1.165, 1.54) is 6.42 Å². The second-order valence-electron chi connectivity index (χ2n) is 5.76. The first kappa shape index (κ1) is 14.9. The van der Waals surface area contributed by atoms with Crippen LogP contribution in [-0.4, -0.2) is 28.2 Å². The Morgan fingerprint density at radius 3 is 2.65 bits per heavy atom. The van der Waals surface area contributed by atoms with Crippen molar-refractivity contribution < 1.29 is 15.1 Å². The van der Waals surface area contributed by atoms with Crippen molar-refractivity contribution in [2.75, 3.05) is 6.61 Å². The van der Waals surface area contributed by atoms with Crippen molar-refractivity contribution >= 4 is 5.71 Å². The lowest BCUT2D eigenvalue weighted by atomic mass is 9.85. The zero-order valence-electron chi connectivity index (χ0n) is 12.2. The highest BCUT2D eigenvalue weighted by Gasteiger charge is 2.30. The average molecular weight is 277 g/mol. The lowest BCUT2D eigenvalue weighted by molar-refractivity contribution is -0.0339. The average Bonchev–Trinajstić information content (AvgIpc) is 2.46. The number of aryl methyl sites for hydroxylation is 1. The van der Waals surface area contributed by atoms with Crippen LogP contribution in [0.2, 0.25) is 0 Å². The van der Waals surface area contributed by atoms with Gasteiger partial charge < -0.3 is 15.1 Å². The molecule has 1 saturated carbocycles. The van der Waals surface area contributed by atoms with Gasteiger partial charge in [-0.25, -0.2) is 0 Å². The number of benzene rings is 1. The molecule has 1 aromatic rings. The van der Waals surface area contributed by atoms with Gasteiger partial charge in [0, 0.05) is 5.56 Å². The lowest BCUT2D eigenvalue weighted by Crippen LogP contribution is -2.38. The van der Waals surface area contributed by atoms with Crippen molar-refractivity contribution in [2.45, 2.75) is 51.6 Å². The van der Waals surface area contributed by atoms with Crippen LogP contribution >= 0.6 is 0 Å². The number of rotatable bonds is 4. The quantitative estimate of drug-likeness (QED) is 0.504. The van der Waals surface area contributed by atoms with E-state index in [2.05, 4.69) is 5.16 Å². The van der Waals surface area contributed by atoms with Gasteiger partial charge in [-0.2, -0.15) is 0 Å². The SMILES string of the molecule is CC(=NO)c1cc(C)ccc1OCC1(O)CCCCC1. The van der Waals surface area contributed by atoms with Gasteiger partial charge in [0.2, 0.25) is 0 Å². The Balaban J connectivity index is 2.13. The smallest absolute Gasteiger partial charge is 0.128 e. The minimum atomic E-state index is -0.718. The number of nitrogens with zero attached hydrogens (tertiary/aromatic N) is 1. The maximum absolute atomic E-state index is 10.5. The molecule has 1 aliphatic carbocycles. The molecule has 1 aliphatic rings. The Morgan fingerprint density at radius 2 is 2.00 bits per heavy atom. The molecular formula is C16H23NO3. The van der Waals surface area contributed by atoms with Gasteiger partial charge in [0.05, 0.1) is 11.3 Å². The van der Waals surface area contributed by atoms with Crippen molar-refractivity contribution in [2.24, 2.45) is 5.16 Å². The van der Waals surface area contributed by atoms with Crippen molar-refractivity contribution in [3.8, 4) is 5.75 Å². The second-order valence-corrected chi connectivity index (χ2v) is 5.76. The number of oxime groups is 1. The minimum Gasteiger partial charge on any atom is -0.490 e. The van der Waals surface area contributed by atoms with E-state index >= 15 is 0 Å². The van der Waals surface area contributed by atoms with E-state index in [-0.39, 0.29) is 0 Å². The van der Waals surface area contributed by atoms with Crippen LogP contribution in [0.25, 0.3) is 0 Å². The van der Waals surface area contributed by atoms with Crippen LogP contribution in [0.4, 0.5) is 0 Å². The Labute approximate surface area is 120 Å². The predicted molar refractivity (Wildman–Crippen MR) is 78.7 cm³/mol. The summed E-state index contributed by atoms with van der Waals surface area (Å²) in [5.74, 6) is 0.657. The maximum atomic E-state index is 10.5. The topological polar surface area (TPSA) is 62.1 Å². The summed E-state index contributed by atoms with van der Waals surface area (Å²) in [6, 6.07) is 5.75. The van der Waals surface area contributed by atoms with Crippen LogP contribution in [0, 0.1) is 6.92 Å². The molecule has 0 aromatic heterocycles. The summed E-state index contributed by atoms with van der Waals surface area (Å²) in [5, 5.41) is 22.7. The van der Waals surface area contributed by atoms with E-state index in [9.17, 15) is 5.11 Å². The van der Waals surface area contributed by atoms with Gasteiger partial charge in [0.25, 0.3) is 0 Å². The summed E-state index contributed by atoms with van der Waals surface area (Å²) in [5.41, 5.74) is 1.64. The molecule has 0 bridgehead atoms. The zero-order chi connectivity index (χ0) is 14.6. The molecule has 1 aromatic carbocycles. The predicted octanol–water partition coefficient (Wildman–Crippen LogP) is 3.27. The van der Waals surface area contributed by atoms with Crippen molar-refractivity contribution in [3.05, 3.63) is 29.3 Å². The fraction of sp³-hybridized carbons (Fsp3) is 0.562. The molecule has 0 aliphatic heterocycles. The summed E-state index contributed by atoms with van der Waals surface area (Å²) in [6.07, 6.45) is 4.88. The van der Waals surface area contributed by atoms with Crippen LogP contribution in [-0.2, 0) is 0 Å². The Kier molecular flexibility index (Phi) is 4.65. The molecule has 0 atom stereocenters. The summed E-state index contributed by atoms with van der Waals surface area (Å²) in [4.78, 5) is 0. The first-order valence-corrected chi connectivity index (χ1v) is 7.19. The molecule has 0 amide bonds. The van der Waals surface area contributed by atoms with Gasteiger partial charge in [0.15, 0.2) is 0 Å². The van der Waals surface area contributed by atoms with Gasteiger partial charge in [0.1, 0.15) is 12.4 Å². The van der Waals surface area contributed by atoms with E-state index < -0.39 is 5.60 Å². The van der Waals surface area contributed by atoms with Gasteiger partial charge in [-0.1, -0.05) is 36.0 Å². The highest BCUT2D eigenvalue weighted by Crippen LogP contribution is 2.30. The van der Waals surface area contributed by atoms with E-state index in [0.29, 0.717) is 18.1 Å². The first-order chi connectivity index (χ1) is 9.54. The number of hydrogen-bond donors (Lipinski definition) is 2. The van der Waals surface area contributed by atoms with Gasteiger partial charge >= 0.3 is 0 Å². The molecule has 110 valence electrons. The number of aliphatic hydroxyl groups is 1. The molecule has 0 spiro atoms. The molecule has 1 fully saturated rings. The molecule has 0 unspecified atom stereocenters. The third-order valence-electron chi connectivity index (χ3n) is 3.96. The van der Waals surface area contributed by atoms with Gasteiger partial charge in [-0.15, -0.1) is 0 Å². The monoisotopic (exact) mass is 277 g/mol. The van der Waals surface area contributed by atoms with Crippen molar-refractivity contribution in [1.82, 2.24) is 0 Å². The Morgan fingerprint density at radius 1 is 1.30 bits per heavy atom. The fourth-order valence-electron chi connectivity index (χ4n) is 2.67. The van der Waals surface area contributed by atoms with Crippen molar-refractivity contribution in [3.63, 3.8) is 0 Å². The van der Waals surface area contributed by atoms with Crippen LogP contribution in [0.5, 0.6) is 5.75 Å². The lowest BCUT2D eigenvalue weighted by Gasteiger charge is -2.32. The summed E-state index contributed by atoms with van der Waals surface area (Å²) >= 11 is 0. The van der Waals surface area contributed by atoms with E-state index in [4.69, 9.17) is 9.94 Å². The van der Waals surface area contributed by atoms with Gasteiger partial charge in [-0.05, 0) is 38.8 Å². The summed E-state index contributed by atoms with van der Waals surface area (Å²) < 4.78 is 5.82. The largest absolute Gasteiger partial charge is 0.490 e. The van der Waals surface area contributed by atoms with Crippen LogP contribution in [0.15, 0.2) is 23.4 Å². The van der Waals surface area contributed by atoms with Crippen molar-refractivity contribution in [1.29, 1.82) is 0 Å². The molecular weight excluding hydrogens is 254 g/mol. The van der Waals surface area contributed by atoms with E-state index in [1.54, 1.807) is 6.92 Å². The summed E-state index contributed by atoms with van der Waals surface area (Å²) in [7, 11) is 0. The summed E-state index contributed by atoms with van der Waals surface area (Å²) in [6.45, 7) is 4.01. The third kappa shape index (κ3) is 3.51. The zero-order valence-corrected chi connectivity index (χ0v) is 12.2. The molecule has 4 heteroatoms. The van der Waals surface area contributed by atoms with Gasteiger partial charge in [-0.3, -0.25) is 0 Å². The minimum absolute atomic E-state index is 0.293. The number of ether oxygens (including phenoxy) is 1. The second kappa shape index (κ2) is 6.27. The normalized spacial score (nSPS) is 18.9. The molecule has 0 saturated heterocycles. The van der Waals surface area contributed by atoms with Crippen LogP contribution in [0.3, 0.4) is 0 Å². The van der Waals surface area contributed by atoms with Crippen LogP contribution < -0.4 is 4.74 Å². The first-order valence-electron chi connectivity index (χ1n) is 7.19. The molecule has 2 rings (SSSR count). The molecule has 2 N–H and O–H groups in total. The standard InChI is InChI=1S/C16H23NO3/c1-12-6-7-15(14(10-12)13(2)17-19)20-11-16(18)8-4-3-5-9-16/h6-7,10,18-19H,3-5,8-9,11H2,1-2H3. The number of hydrogen-bond acceptors (Lipinski definition) is 4. The molecule has 20 heavy (non-hydrogen) atoms. The third-order valence-corrected chi connectivity index (χ3v) is 3.96.